The minimum Gasteiger partial charge on any atom is -0.394 e. The number of allylic oxidation sites excluding steroid dienone is 24. The molecule has 12 atom stereocenters. The Balaban J connectivity index is 1.61. The van der Waals surface area contributed by atoms with Crippen LogP contribution in [0.15, 0.2) is 146 Å². The fraction of sp³-hybridized carbons (Fsp3) is 0.615. The second-order valence-electron chi connectivity index (χ2n) is 20.0. The number of aliphatic hydroxyl groups is 8. The van der Waals surface area contributed by atoms with E-state index in [4.69, 9.17) is 18.9 Å². The topological polar surface area (TPSA) is 228 Å². The van der Waals surface area contributed by atoms with Gasteiger partial charge in [0.15, 0.2) is 12.6 Å². The van der Waals surface area contributed by atoms with Gasteiger partial charge in [-0.25, -0.2) is 0 Å². The van der Waals surface area contributed by atoms with E-state index in [0.29, 0.717) is 12.8 Å². The van der Waals surface area contributed by atoms with Gasteiger partial charge in [0.1, 0.15) is 48.8 Å². The highest BCUT2D eigenvalue weighted by molar-refractivity contribution is 5.76. The number of aliphatic hydroxyl groups excluding tert-OH is 8. The van der Waals surface area contributed by atoms with E-state index < -0.39 is 86.8 Å². The quantitative estimate of drug-likeness (QED) is 0.0205. The van der Waals surface area contributed by atoms with Crippen LogP contribution in [0, 0.1) is 0 Å². The lowest BCUT2D eigenvalue weighted by atomic mass is 9.97. The molecule has 2 aliphatic rings. The zero-order chi connectivity index (χ0) is 57.4. The molecule has 2 saturated heterocycles. The van der Waals surface area contributed by atoms with Crippen LogP contribution in [0.3, 0.4) is 0 Å². The smallest absolute Gasteiger partial charge is 0.220 e. The van der Waals surface area contributed by atoms with Gasteiger partial charge in [-0.15, -0.1) is 0 Å². The molecule has 0 spiro atoms. The number of unbranched alkanes of at least 4 members (excludes halogenated alkanes) is 7. The van der Waals surface area contributed by atoms with Gasteiger partial charge in [0.2, 0.25) is 5.91 Å². The van der Waals surface area contributed by atoms with E-state index in [-0.39, 0.29) is 18.9 Å². The van der Waals surface area contributed by atoms with E-state index in [1.165, 1.54) is 0 Å². The predicted molar refractivity (Wildman–Crippen MR) is 318 cm³/mol. The van der Waals surface area contributed by atoms with Crippen LogP contribution < -0.4 is 5.32 Å². The first-order valence-corrected chi connectivity index (χ1v) is 29.6. The molecule has 446 valence electrons. The molecule has 12 unspecified atom stereocenters. The molecule has 0 saturated carbocycles. The van der Waals surface area contributed by atoms with Crippen LogP contribution in [0.2, 0.25) is 0 Å². The maximum absolute atomic E-state index is 13.1. The van der Waals surface area contributed by atoms with Crippen molar-refractivity contribution in [2.45, 2.75) is 235 Å². The number of carbonyl (C=O) groups excluding carboxylic acids is 1. The SMILES string of the molecule is CC/C=C\C/C=C\C/C=C\C/C=C\C/C=C\C/C=C\C/C=C\C/C=C\C/C=C\C/C=C\C/C=C\C/C=C\CCCCC(=O)NC(COC1OC(CO)C(OC2OC(CO)C(O)C(O)C2O)C(O)C1O)C(O)CCCCCCCC. The zero-order valence-electron chi connectivity index (χ0n) is 47.8. The van der Waals surface area contributed by atoms with Gasteiger partial charge in [-0.3, -0.25) is 4.79 Å². The highest BCUT2D eigenvalue weighted by Gasteiger charge is 2.51. The Morgan fingerprint density at radius 1 is 0.468 bits per heavy atom. The minimum absolute atomic E-state index is 0.238. The first-order chi connectivity index (χ1) is 38.6. The van der Waals surface area contributed by atoms with Gasteiger partial charge in [-0.1, -0.05) is 198 Å². The summed E-state index contributed by atoms with van der Waals surface area (Å²) in [6.45, 7) is 2.59. The average Bonchev–Trinajstić information content (AvgIpc) is 3.47. The molecule has 0 aromatic carbocycles. The molecule has 0 aromatic heterocycles. The minimum atomic E-state index is -1.79. The number of rotatable bonds is 44. The van der Waals surface area contributed by atoms with Gasteiger partial charge >= 0.3 is 0 Å². The number of ether oxygens (including phenoxy) is 4. The van der Waals surface area contributed by atoms with Crippen molar-refractivity contribution in [3.05, 3.63) is 146 Å². The standard InChI is InChI=1S/C65H103NO13/c1-3-5-7-9-11-12-13-14-15-16-17-18-19-20-21-22-23-24-25-26-27-28-29-30-31-32-33-34-35-36-37-38-39-40-41-42-43-45-47-49-57(70)66-53(54(69)48-46-44-10-8-6-4-2)52-76-64-62(75)60(73)63(56(51-68)78-64)79-65-61(74)59(72)58(71)55(50-67)77-65/h5,7,11-12,14-15,17-18,20-21,23-24,26-27,29-30,32-33,35-36,38-39,41-42,53-56,58-65,67-69,71-75H,3-4,6,8-10,13,16,19,22,25,28,31,34,37,40,43-52H2,1-2H3,(H,66,70)/b7-5-,12-11-,15-14-,18-17-,21-20-,24-23-,27-26-,30-29-,33-32-,36-35-,39-38-,42-41-. The summed E-state index contributed by atoms with van der Waals surface area (Å²) < 4.78 is 22.6. The molecule has 1 amide bonds. The van der Waals surface area contributed by atoms with Crippen molar-refractivity contribution >= 4 is 5.91 Å². The van der Waals surface area contributed by atoms with Gasteiger partial charge in [0, 0.05) is 6.42 Å². The number of amides is 1. The third kappa shape index (κ3) is 34.0. The Hall–Kier alpha value is -4.13. The molecule has 2 heterocycles. The van der Waals surface area contributed by atoms with Crippen molar-refractivity contribution in [1.29, 1.82) is 0 Å². The summed E-state index contributed by atoms with van der Waals surface area (Å²) in [6.07, 6.45) is 56.3. The monoisotopic (exact) mass is 1110 g/mol. The Bertz CT molecular complexity index is 1880. The summed E-state index contributed by atoms with van der Waals surface area (Å²) in [5.74, 6) is -0.262. The van der Waals surface area contributed by atoms with Crippen molar-refractivity contribution in [2.24, 2.45) is 0 Å². The first-order valence-electron chi connectivity index (χ1n) is 29.6. The van der Waals surface area contributed by atoms with E-state index in [2.05, 4.69) is 165 Å². The van der Waals surface area contributed by atoms with Gasteiger partial charge in [-0.2, -0.15) is 0 Å². The maximum Gasteiger partial charge on any atom is 0.220 e. The summed E-state index contributed by atoms with van der Waals surface area (Å²) in [6, 6.07) is -0.859. The van der Waals surface area contributed by atoms with Crippen LogP contribution in [0.5, 0.6) is 0 Å². The van der Waals surface area contributed by atoms with E-state index in [9.17, 15) is 45.6 Å². The molecule has 2 rings (SSSR count). The van der Waals surface area contributed by atoms with Crippen LogP contribution in [0.1, 0.15) is 162 Å². The van der Waals surface area contributed by atoms with E-state index in [1.54, 1.807) is 0 Å². The number of hydrogen-bond donors (Lipinski definition) is 9. The van der Waals surface area contributed by atoms with Crippen molar-refractivity contribution in [1.82, 2.24) is 5.32 Å². The lowest BCUT2D eigenvalue weighted by molar-refractivity contribution is -0.359. The highest BCUT2D eigenvalue weighted by atomic mass is 16.7. The summed E-state index contributed by atoms with van der Waals surface area (Å²) in [5.41, 5.74) is 0. The molecular formula is C65H103NO13. The number of carbonyl (C=O) groups is 1. The lowest BCUT2D eigenvalue weighted by Gasteiger charge is -2.46. The number of nitrogens with one attached hydrogen (secondary N) is 1. The molecule has 0 aromatic rings. The number of hydrogen-bond acceptors (Lipinski definition) is 13. The Morgan fingerprint density at radius 2 is 0.873 bits per heavy atom. The fourth-order valence-corrected chi connectivity index (χ4v) is 8.57. The van der Waals surface area contributed by atoms with Gasteiger partial charge < -0.3 is 65.1 Å². The molecule has 0 bridgehead atoms. The third-order valence-electron chi connectivity index (χ3n) is 13.3. The molecule has 2 fully saturated rings. The van der Waals surface area contributed by atoms with Crippen LogP contribution in [0.4, 0.5) is 0 Å². The summed E-state index contributed by atoms with van der Waals surface area (Å²) >= 11 is 0. The van der Waals surface area contributed by atoms with E-state index >= 15 is 0 Å². The summed E-state index contributed by atoms with van der Waals surface area (Å²) in [4.78, 5) is 13.1. The lowest BCUT2D eigenvalue weighted by Crippen LogP contribution is -2.65. The van der Waals surface area contributed by atoms with Crippen molar-refractivity contribution in [3.8, 4) is 0 Å². The van der Waals surface area contributed by atoms with Crippen LogP contribution in [-0.2, 0) is 23.7 Å². The largest absolute Gasteiger partial charge is 0.394 e. The van der Waals surface area contributed by atoms with Gasteiger partial charge in [0.05, 0.1) is 32.0 Å². The van der Waals surface area contributed by atoms with E-state index in [1.807, 2.05) is 0 Å². The molecule has 14 nitrogen and oxygen atoms in total. The van der Waals surface area contributed by atoms with Gasteiger partial charge in [-0.05, 0) is 103 Å². The van der Waals surface area contributed by atoms with Crippen molar-refractivity contribution in [3.63, 3.8) is 0 Å². The zero-order valence-corrected chi connectivity index (χ0v) is 47.8. The Labute approximate surface area is 474 Å². The van der Waals surface area contributed by atoms with Crippen LogP contribution in [-0.4, -0.2) is 140 Å². The molecule has 79 heavy (non-hydrogen) atoms. The average molecular weight is 1110 g/mol. The van der Waals surface area contributed by atoms with Crippen LogP contribution >= 0.6 is 0 Å². The molecular weight excluding hydrogens is 1000 g/mol. The van der Waals surface area contributed by atoms with Crippen LogP contribution in [0.25, 0.3) is 0 Å². The fourth-order valence-electron chi connectivity index (χ4n) is 8.57. The van der Waals surface area contributed by atoms with Crippen molar-refractivity contribution < 1.29 is 64.6 Å². The summed E-state index contributed by atoms with van der Waals surface area (Å²) in [5, 5.41) is 86.6. The highest BCUT2D eigenvalue weighted by Crippen LogP contribution is 2.30. The Morgan fingerprint density at radius 3 is 1.32 bits per heavy atom. The van der Waals surface area contributed by atoms with Gasteiger partial charge in [0.25, 0.3) is 0 Å². The molecule has 2 aliphatic heterocycles. The molecule has 0 radical (unpaired) electrons. The third-order valence-corrected chi connectivity index (χ3v) is 13.3. The van der Waals surface area contributed by atoms with Crippen molar-refractivity contribution in [2.75, 3.05) is 19.8 Å². The molecule has 9 N–H and O–H groups in total. The predicted octanol–water partition coefficient (Wildman–Crippen LogP) is 10.2. The Kier molecular flexibility index (Phi) is 43.6. The van der Waals surface area contributed by atoms with E-state index in [0.717, 1.165) is 128 Å². The first kappa shape index (κ1) is 71.0. The molecule has 0 aliphatic carbocycles. The summed E-state index contributed by atoms with van der Waals surface area (Å²) in [7, 11) is 0. The molecule has 14 heteroatoms. The normalized spacial score (nSPS) is 25.5. The second kappa shape index (κ2) is 48.6. The second-order valence-corrected chi connectivity index (χ2v) is 20.0. The maximum atomic E-state index is 13.1.